The van der Waals surface area contributed by atoms with Crippen LogP contribution in [-0.4, -0.2) is 47.3 Å². The van der Waals surface area contributed by atoms with Crippen LogP contribution in [0.3, 0.4) is 0 Å². The Morgan fingerprint density at radius 2 is 1.87 bits per heavy atom. The number of hydrogen-bond acceptors (Lipinski definition) is 4. The van der Waals surface area contributed by atoms with Gasteiger partial charge in [0.1, 0.15) is 5.82 Å². The molecule has 6 nitrogen and oxygen atoms in total. The third-order valence-electron chi connectivity index (χ3n) is 4.63. The van der Waals surface area contributed by atoms with Gasteiger partial charge in [0, 0.05) is 55.3 Å². The third-order valence-corrected chi connectivity index (χ3v) is 4.97. The Bertz CT molecular complexity index is 994. The molecule has 8 heteroatoms. The van der Waals surface area contributed by atoms with Crippen LogP contribution in [0.4, 0.5) is 11.4 Å². The fourth-order valence-electron chi connectivity index (χ4n) is 3.16. The molecule has 0 aliphatic rings. The molecule has 4 N–H and O–H groups in total. The largest absolute Gasteiger partial charge is 0.385 e. The van der Waals surface area contributed by atoms with Crippen LogP contribution in [0.1, 0.15) is 11.4 Å². The molecule has 30 heavy (non-hydrogen) atoms. The van der Waals surface area contributed by atoms with Crippen molar-refractivity contribution in [2.45, 2.75) is 6.42 Å². The molecule has 1 heterocycles. The lowest BCUT2D eigenvalue weighted by atomic mass is 10.2. The van der Waals surface area contributed by atoms with E-state index in [0.717, 1.165) is 59.9 Å². The lowest BCUT2D eigenvalue weighted by Crippen LogP contribution is -2.27. The van der Waals surface area contributed by atoms with E-state index in [9.17, 15) is 4.79 Å². The molecular formula is C22H25Cl2N5O. The summed E-state index contributed by atoms with van der Waals surface area (Å²) in [4.78, 5) is 21.0. The number of aromatic amines is 1. The maximum atomic E-state index is 10.8. The van der Waals surface area contributed by atoms with Crippen LogP contribution in [-0.2, 0) is 11.2 Å². The molecule has 0 unspecified atom stereocenters. The van der Waals surface area contributed by atoms with Crippen LogP contribution < -0.4 is 16.0 Å². The number of aromatic nitrogens is 2. The molecular weight excluding hydrogens is 421 g/mol. The maximum absolute atomic E-state index is 10.8. The number of fused-ring (bicyclic) bond motifs is 1. The molecule has 0 saturated carbocycles. The predicted octanol–water partition coefficient (Wildman–Crippen LogP) is 4.00. The van der Waals surface area contributed by atoms with Gasteiger partial charge in [0.05, 0.1) is 11.0 Å². The van der Waals surface area contributed by atoms with Crippen molar-refractivity contribution in [3.8, 4) is 0 Å². The molecule has 0 atom stereocenters. The smallest absolute Gasteiger partial charge is 0.241 e. The minimum Gasteiger partial charge on any atom is -0.385 e. The number of carbonyl (C=O) groups is 1. The number of anilines is 2. The van der Waals surface area contributed by atoms with E-state index in [4.69, 9.17) is 28.9 Å². The third kappa shape index (κ3) is 6.15. The lowest BCUT2D eigenvalue weighted by Gasteiger charge is -2.22. The molecule has 0 aliphatic carbocycles. The summed E-state index contributed by atoms with van der Waals surface area (Å²) in [7, 11) is 0. The van der Waals surface area contributed by atoms with Crippen molar-refractivity contribution in [2.24, 2.45) is 5.73 Å². The van der Waals surface area contributed by atoms with E-state index < -0.39 is 5.91 Å². The van der Waals surface area contributed by atoms with Crippen LogP contribution >= 0.6 is 23.2 Å². The molecule has 3 rings (SSSR count). The summed E-state index contributed by atoms with van der Waals surface area (Å²) in [5.74, 6) is 1.58. The number of rotatable bonds is 11. The standard InChI is InChI=1S/C22H25Cl2N5O/c23-10-13-29(14-11-24)18-6-7-19-20(15-18)28-22(27-19)9-12-26-17-4-1-16(2-5-17)3-8-21(25)30/h1-8,15,26H,9-14H2,(H2,25,30)(H,27,28)/b8-3+. The maximum Gasteiger partial charge on any atom is 0.241 e. The molecule has 1 amide bonds. The zero-order valence-corrected chi connectivity index (χ0v) is 18.1. The van der Waals surface area contributed by atoms with E-state index >= 15 is 0 Å². The van der Waals surface area contributed by atoms with Gasteiger partial charge >= 0.3 is 0 Å². The lowest BCUT2D eigenvalue weighted by molar-refractivity contribution is -0.113. The van der Waals surface area contributed by atoms with E-state index in [-0.39, 0.29) is 0 Å². The summed E-state index contributed by atoms with van der Waals surface area (Å²) in [5.41, 5.74) is 10.1. The van der Waals surface area contributed by atoms with Crippen LogP contribution in [0.25, 0.3) is 17.1 Å². The normalized spacial score (nSPS) is 11.3. The monoisotopic (exact) mass is 445 g/mol. The molecule has 0 fully saturated rings. The molecule has 0 radical (unpaired) electrons. The van der Waals surface area contributed by atoms with Crippen LogP contribution in [0, 0.1) is 0 Å². The summed E-state index contributed by atoms with van der Waals surface area (Å²) in [5, 5.41) is 3.38. The van der Waals surface area contributed by atoms with E-state index in [1.165, 1.54) is 6.08 Å². The SMILES string of the molecule is NC(=O)/C=C/c1ccc(NCCc2nc3ccc(N(CCCl)CCCl)cc3[nH]2)cc1. The number of hydrogen-bond donors (Lipinski definition) is 3. The van der Waals surface area contributed by atoms with Crippen molar-refractivity contribution >= 4 is 57.6 Å². The van der Waals surface area contributed by atoms with Crippen molar-refractivity contribution < 1.29 is 4.79 Å². The Morgan fingerprint density at radius 1 is 1.13 bits per heavy atom. The number of nitrogens with one attached hydrogen (secondary N) is 2. The van der Waals surface area contributed by atoms with Crippen molar-refractivity contribution in [3.63, 3.8) is 0 Å². The highest BCUT2D eigenvalue weighted by Gasteiger charge is 2.09. The van der Waals surface area contributed by atoms with Crippen molar-refractivity contribution in [1.82, 2.24) is 9.97 Å². The highest BCUT2D eigenvalue weighted by molar-refractivity contribution is 6.18. The fraction of sp³-hybridized carbons (Fsp3) is 0.273. The number of benzene rings is 2. The molecule has 0 spiro atoms. The summed E-state index contributed by atoms with van der Waals surface area (Å²) >= 11 is 11.8. The first-order valence-corrected chi connectivity index (χ1v) is 10.8. The van der Waals surface area contributed by atoms with Gasteiger partial charge < -0.3 is 20.9 Å². The molecule has 2 aromatic carbocycles. The molecule has 0 saturated heterocycles. The fourth-order valence-corrected chi connectivity index (χ4v) is 3.56. The molecule has 158 valence electrons. The number of imidazole rings is 1. The quantitative estimate of drug-likeness (QED) is 0.307. The number of carbonyl (C=O) groups excluding carboxylic acids is 1. The predicted molar refractivity (Wildman–Crippen MR) is 127 cm³/mol. The number of halogens is 2. The van der Waals surface area contributed by atoms with Crippen molar-refractivity contribution in [3.05, 3.63) is 59.9 Å². The van der Waals surface area contributed by atoms with E-state index in [2.05, 4.69) is 32.3 Å². The highest BCUT2D eigenvalue weighted by atomic mass is 35.5. The van der Waals surface area contributed by atoms with Gasteiger partial charge in [-0.15, -0.1) is 23.2 Å². The first-order valence-electron chi connectivity index (χ1n) is 9.76. The second kappa shape index (κ2) is 10.9. The second-order valence-electron chi connectivity index (χ2n) is 6.78. The first-order chi connectivity index (χ1) is 14.6. The number of alkyl halides is 2. The topological polar surface area (TPSA) is 87.0 Å². The van der Waals surface area contributed by atoms with E-state index in [0.29, 0.717) is 11.8 Å². The van der Waals surface area contributed by atoms with Gasteiger partial charge in [0.2, 0.25) is 5.91 Å². The van der Waals surface area contributed by atoms with Crippen LogP contribution in [0.15, 0.2) is 48.5 Å². The van der Waals surface area contributed by atoms with Gasteiger partial charge in [0.15, 0.2) is 0 Å². The average Bonchev–Trinajstić information content (AvgIpc) is 3.15. The van der Waals surface area contributed by atoms with Crippen LogP contribution in [0.5, 0.6) is 0 Å². The van der Waals surface area contributed by atoms with Crippen LogP contribution in [0.2, 0.25) is 0 Å². The van der Waals surface area contributed by atoms with E-state index in [1.54, 1.807) is 6.08 Å². The van der Waals surface area contributed by atoms with Crippen molar-refractivity contribution in [2.75, 3.05) is 41.6 Å². The summed E-state index contributed by atoms with van der Waals surface area (Å²) in [6.45, 7) is 2.25. The molecule has 3 aromatic rings. The molecule has 1 aromatic heterocycles. The highest BCUT2D eigenvalue weighted by Crippen LogP contribution is 2.21. The zero-order chi connectivity index (χ0) is 21.3. The zero-order valence-electron chi connectivity index (χ0n) is 16.6. The summed E-state index contributed by atoms with van der Waals surface area (Å²) < 4.78 is 0. The number of nitrogens with zero attached hydrogens (tertiary/aromatic N) is 2. The molecule has 0 bridgehead atoms. The van der Waals surface area contributed by atoms with Crippen molar-refractivity contribution in [1.29, 1.82) is 0 Å². The Hall–Kier alpha value is -2.70. The van der Waals surface area contributed by atoms with E-state index in [1.807, 2.05) is 30.3 Å². The Balaban J connectivity index is 1.59. The summed E-state index contributed by atoms with van der Waals surface area (Å²) in [6.07, 6.45) is 3.80. The minimum absolute atomic E-state index is 0.457. The Morgan fingerprint density at radius 3 is 2.53 bits per heavy atom. The van der Waals surface area contributed by atoms with Gasteiger partial charge in [-0.25, -0.2) is 4.98 Å². The Labute approximate surface area is 186 Å². The average molecular weight is 446 g/mol. The van der Waals surface area contributed by atoms with Gasteiger partial charge in [-0.3, -0.25) is 4.79 Å². The summed E-state index contributed by atoms with van der Waals surface area (Å²) in [6, 6.07) is 14.0. The van der Waals surface area contributed by atoms with Gasteiger partial charge in [0.25, 0.3) is 0 Å². The van der Waals surface area contributed by atoms with Gasteiger partial charge in [-0.2, -0.15) is 0 Å². The number of amides is 1. The van der Waals surface area contributed by atoms with Gasteiger partial charge in [-0.1, -0.05) is 12.1 Å². The number of H-pyrrole nitrogens is 1. The number of primary amides is 1. The second-order valence-corrected chi connectivity index (χ2v) is 7.54. The minimum atomic E-state index is -0.457. The first kappa shape index (κ1) is 22.0. The van der Waals surface area contributed by atoms with Gasteiger partial charge in [-0.05, 0) is 42.0 Å². The Kier molecular flexibility index (Phi) is 7.99. The molecule has 0 aliphatic heterocycles. The number of nitrogens with two attached hydrogens (primary N) is 1.